The Hall–Kier alpha value is -2.45. The number of sulfonamides is 1. The molecule has 1 amide bonds. The van der Waals surface area contributed by atoms with Crippen LogP contribution >= 0.6 is 0 Å². The summed E-state index contributed by atoms with van der Waals surface area (Å²) in [5.74, 6) is -0.816. The molecule has 0 unspecified atom stereocenters. The molecule has 8 heteroatoms. The van der Waals surface area contributed by atoms with Crippen LogP contribution in [0, 0.1) is 5.82 Å². The second-order valence-electron chi connectivity index (χ2n) is 6.65. The minimum absolute atomic E-state index is 0.0382. The molecule has 1 aliphatic heterocycles. The molecule has 1 aliphatic rings. The molecule has 28 heavy (non-hydrogen) atoms. The molecule has 150 valence electrons. The quantitative estimate of drug-likeness (QED) is 0.822. The summed E-state index contributed by atoms with van der Waals surface area (Å²) in [5, 5.41) is 2.58. The Morgan fingerprint density at radius 3 is 2.43 bits per heavy atom. The smallest absolute Gasteiger partial charge is 0.255 e. The molecule has 6 nitrogen and oxygen atoms in total. The van der Waals surface area contributed by atoms with E-state index in [1.807, 2.05) is 0 Å². The second-order valence-corrected chi connectivity index (χ2v) is 8.55. The first kappa shape index (κ1) is 20.3. The molecule has 0 bridgehead atoms. The fourth-order valence-electron chi connectivity index (χ4n) is 3.21. The molecule has 0 aliphatic carbocycles. The summed E-state index contributed by atoms with van der Waals surface area (Å²) < 4.78 is 46.3. The van der Waals surface area contributed by atoms with Gasteiger partial charge in [-0.15, -0.1) is 0 Å². The monoisotopic (exact) mass is 406 g/mol. The van der Waals surface area contributed by atoms with Gasteiger partial charge in [-0.2, -0.15) is 4.31 Å². The number of nitrogens with one attached hydrogen (secondary N) is 1. The Balaban J connectivity index is 1.92. The van der Waals surface area contributed by atoms with Crippen molar-refractivity contribution in [2.45, 2.75) is 30.6 Å². The topological polar surface area (TPSA) is 75.7 Å². The number of carbonyl (C=O) groups is 1. The molecule has 3 rings (SSSR count). The summed E-state index contributed by atoms with van der Waals surface area (Å²) in [4.78, 5) is 12.5. The fourth-order valence-corrected chi connectivity index (χ4v) is 4.91. The van der Waals surface area contributed by atoms with E-state index in [1.54, 1.807) is 6.07 Å². The van der Waals surface area contributed by atoms with E-state index >= 15 is 0 Å². The number of benzene rings is 2. The Morgan fingerprint density at radius 2 is 1.79 bits per heavy atom. The minimum Gasteiger partial charge on any atom is -0.495 e. The summed E-state index contributed by atoms with van der Waals surface area (Å²) in [6.45, 7) is 0.899. The lowest BCUT2D eigenvalue weighted by atomic mass is 10.2. The molecule has 2 aromatic carbocycles. The molecule has 0 spiro atoms. The number of ether oxygens (including phenoxy) is 1. The van der Waals surface area contributed by atoms with Gasteiger partial charge in [0.2, 0.25) is 10.0 Å². The van der Waals surface area contributed by atoms with Crippen molar-refractivity contribution in [3.05, 3.63) is 53.8 Å². The molecule has 0 radical (unpaired) electrons. The van der Waals surface area contributed by atoms with Gasteiger partial charge in [0.05, 0.1) is 7.11 Å². The predicted octanol–water partition coefficient (Wildman–Crippen LogP) is 3.65. The van der Waals surface area contributed by atoms with Crippen LogP contribution < -0.4 is 10.1 Å². The average Bonchev–Trinajstić information content (AvgIpc) is 2.97. The lowest BCUT2D eigenvalue weighted by Gasteiger charge is -2.21. The number of methoxy groups -OCH3 is 1. The van der Waals surface area contributed by atoms with Crippen LogP contribution in [0.2, 0.25) is 0 Å². The molecule has 1 heterocycles. The van der Waals surface area contributed by atoms with Crippen LogP contribution in [0.3, 0.4) is 0 Å². The molecule has 2 aromatic rings. The van der Waals surface area contributed by atoms with E-state index in [2.05, 4.69) is 5.32 Å². The van der Waals surface area contributed by atoms with Crippen molar-refractivity contribution >= 4 is 21.6 Å². The largest absolute Gasteiger partial charge is 0.495 e. The van der Waals surface area contributed by atoms with Gasteiger partial charge in [-0.05, 0) is 49.2 Å². The van der Waals surface area contributed by atoms with E-state index in [9.17, 15) is 17.6 Å². The van der Waals surface area contributed by atoms with Gasteiger partial charge in [0.1, 0.15) is 16.5 Å². The van der Waals surface area contributed by atoms with Gasteiger partial charge in [0, 0.05) is 24.3 Å². The number of hydrogen-bond donors (Lipinski definition) is 1. The van der Waals surface area contributed by atoms with Crippen LogP contribution in [0.15, 0.2) is 47.4 Å². The number of rotatable bonds is 5. The van der Waals surface area contributed by atoms with E-state index in [0.29, 0.717) is 13.1 Å². The van der Waals surface area contributed by atoms with E-state index in [-0.39, 0.29) is 21.9 Å². The second kappa shape index (κ2) is 8.70. The van der Waals surface area contributed by atoms with E-state index < -0.39 is 21.7 Å². The van der Waals surface area contributed by atoms with Crippen LogP contribution in [0.4, 0.5) is 10.1 Å². The third kappa shape index (κ3) is 4.51. The molecule has 0 atom stereocenters. The first-order chi connectivity index (χ1) is 13.4. The van der Waals surface area contributed by atoms with E-state index in [1.165, 1.54) is 47.8 Å². The van der Waals surface area contributed by atoms with Crippen molar-refractivity contribution in [2.24, 2.45) is 0 Å². The highest BCUT2D eigenvalue weighted by Gasteiger charge is 2.29. The van der Waals surface area contributed by atoms with Crippen molar-refractivity contribution < 1.29 is 22.3 Å². The molecule has 0 aromatic heterocycles. The normalized spacial score (nSPS) is 15.6. The number of amides is 1. The Kier molecular flexibility index (Phi) is 6.31. The van der Waals surface area contributed by atoms with Crippen molar-refractivity contribution in [1.29, 1.82) is 0 Å². The van der Waals surface area contributed by atoms with Gasteiger partial charge >= 0.3 is 0 Å². The van der Waals surface area contributed by atoms with Crippen molar-refractivity contribution in [3.8, 4) is 5.75 Å². The minimum atomic E-state index is -3.80. The molecular formula is C20H23FN2O4S. The number of anilines is 1. The number of halogens is 1. The fraction of sp³-hybridized carbons (Fsp3) is 0.350. The lowest BCUT2D eigenvalue weighted by molar-refractivity contribution is 0.102. The molecular weight excluding hydrogens is 383 g/mol. The van der Waals surface area contributed by atoms with Crippen LogP contribution in [0.25, 0.3) is 0 Å². The van der Waals surface area contributed by atoms with Gasteiger partial charge in [-0.1, -0.05) is 18.9 Å². The van der Waals surface area contributed by atoms with Gasteiger partial charge in [0.15, 0.2) is 0 Å². The highest BCUT2D eigenvalue weighted by Crippen LogP contribution is 2.29. The highest BCUT2D eigenvalue weighted by molar-refractivity contribution is 7.89. The van der Waals surface area contributed by atoms with E-state index in [0.717, 1.165) is 25.7 Å². The first-order valence-electron chi connectivity index (χ1n) is 9.17. The molecule has 1 N–H and O–H groups in total. The van der Waals surface area contributed by atoms with Gasteiger partial charge < -0.3 is 10.1 Å². The maximum atomic E-state index is 13.3. The SMILES string of the molecule is COc1ccc(C(=O)Nc2cccc(F)c2)cc1S(=O)(=O)N1CCCCCC1. The maximum Gasteiger partial charge on any atom is 0.255 e. The van der Waals surface area contributed by atoms with Gasteiger partial charge in [-0.25, -0.2) is 12.8 Å². The third-order valence-electron chi connectivity index (χ3n) is 4.69. The van der Waals surface area contributed by atoms with Crippen LogP contribution in [-0.2, 0) is 10.0 Å². The molecule has 0 saturated carbocycles. The number of hydrogen-bond acceptors (Lipinski definition) is 4. The Labute approximate surface area is 164 Å². The van der Waals surface area contributed by atoms with Crippen LogP contribution in [0.1, 0.15) is 36.0 Å². The molecule has 1 fully saturated rings. The Bertz CT molecular complexity index is 954. The van der Waals surface area contributed by atoms with Crippen LogP contribution in [0.5, 0.6) is 5.75 Å². The van der Waals surface area contributed by atoms with E-state index in [4.69, 9.17) is 4.74 Å². The zero-order valence-electron chi connectivity index (χ0n) is 15.7. The first-order valence-corrected chi connectivity index (χ1v) is 10.6. The van der Waals surface area contributed by atoms with Crippen molar-refractivity contribution in [2.75, 3.05) is 25.5 Å². The highest BCUT2D eigenvalue weighted by atomic mass is 32.2. The number of nitrogens with zero attached hydrogens (tertiary/aromatic N) is 1. The average molecular weight is 406 g/mol. The third-order valence-corrected chi connectivity index (χ3v) is 6.61. The summed E-state index contributed by atoms with van der Waals surface area (Å²) >= 11 is 0. The summed E-state index contributed by atoms with van der Waals surface area (Å²) in [5.41, 5.74) is 0.441. The standard InChI is InChI=1S/C20H23FN2O4S/c1-27-18-10-9-15(20(24)22-17-8-6-7-16(21)14-17)13-19(18)28(25,26)23-11-4-2-3-5-12-23/h6-10,13-14H,2-5,11-12H2,1H3,(H,22,24). The summed E-state index contributed by atoms with van der Waals surface area (Å²) in [7, 11) is -2.40. The summed E-state index contributed by atoms with van der Waals surface area (Å²) in [6, 6.07) is 9.76. The summed E-state index contributed by atoms with van der Waals surface area (Å²) in [6.07, 6.45) is 3.61. The lowest BCUT2D eigenvalue weighted by Crippen LogP contribution is -2.32. The van der Waals surface area contributed by atoms with Crippen molar-refractivity contribution in [1.82, 2.24) is 4.31 Å². The van der Waals surface area contributed by atoms with Crippen LogP contribution in [-0.4, -0.2) is 38.8 Å². The van der Waals surface area contributed by atoms with Crippen molar-refractivity contribution in [3.63, 3.8) is 0 Å². The predicted molar refractivity (Wildman–Crippen MR) is 105 cm³/mol. The Morgan fingerprint density at radius 1 is 1.07 bits per heavy atom. The maximum absolute atomic E-state index is 13.3. The molecule has 1 saturated heterocycles. The number of carbonyl (C=O) groups excluding carboxylic acids is 1. The zero-order valence-corrected chi connectivity index (χ0v) is 16.5. The van der Waals surface area contributed by atoms with Gasteiger partial charge in [-0.3, -0.25) is 4.79 Å². The van der Waals surface area contributed by atoms with Gasteiger partial charge in [0.25, 0.3) is 5.91 Å². The zero-order chi connectivity index (χ0) is 20.1.